The van der Waals surface area contributed by atoms with E-state index in [1.54, 1.807) is 0 Å². The Labute approximate surface area is 284 Å². The number of H-pyrrole nitrogens is 1. The molecular weight excluding hydrogens is 596 g/mol. The first-order valence-corrected chi connectivity index (χ1v) is 17.8. The number of hydrogen-bond donors (Lipinski definition) is 1. The zero-order valence-electron chi connectivity index (χ0n) is 28.3. The van der Waals surface area contributed by atoms with E-state index in [0.717, 1.165) is 120 Å². The van der Waals surface area contributed by atoms with Gasteiger partial charge >= 0.3 is 0 Å². The molecule has 4 heterocycles. The molecule has 0 aliphatic carbocycles. The SMILES string of the molecule is CCCCc1c(C(=O)c2ccccc2)c(-c2ccccc2)c(CN2CCOCC2)n1CCc1c(CN2CCOCC2)[nH]c2ccccc12. The Balaban J connectivity index is 1.37. The molecule has 0 atom stereocenters. The molecule has 7 heteroatoms. The lowest BCUT2D eigenvalue weighted by atomic mass is 9.93. The number of aromatic nitrogens is 2. The summed E-state index contributed by atoms with van der Waals surface area (Å²) in [6, 6.07) is 29.2. The minimum Gasteiger partial charge on any atom is -0.379 e. The predicted octanol–water partition coefficient (Wildman–Crippen LogP) is 7.12. The molecule has 0 bridgehead atoms. The maximum atomic E-state index is 14.7. The normalized spacial score (nSPS) is 16.1. The van der Waals surface area contributed by atoms with Crippen molar-refractivity contribution in [1.29, 1.82) is 0 Å². The quantitative estimate of drug-likeness (QED) is 0.138. The molecular formula is C41H48N4O3. The van der Waals surface area contributed by atoms with Crippen LogP contribution in [0.2, 0.25) is 0 Å². The van der Waals surface area contributed by atoms with Crippen molar-refractivity contribution in [3.8, 4) is 11.1 Å². The summed E-state index contributed by atoms with van der Waals surface area (Å²) in [6.45, 7) is 11.4. The van der Waals surface area contributed by atoms with Crippen molar-refractivity contribution in [3.05, 3.63) is 119 Å². The molecule has 5 aromatic rings. The lowest BCUT2D eigenvalue weighted by Crippen LogP contribution is -2.36. The van der Waals surface area contributed by atoms with Gasteiger partial charge < -0.3 is 19.0 Å². The van der Waals surface area contributed by atoms with Crippen LogP contribution in [0.25, 0.3) is 22.0 Å². The lowest BCUT2D eigenvalue weighted by molar-refractivity contribution is 0.0331. The van der Waals surface area contributed by atoms with E-state index < -0.39 is 0 Å². The minimum absolute atomic E-state index is 0.114. The van der Waals surface area contributed by atoms with E-state index in [9.17, 15) is 4.79 Å². The number of carbonyl (C=O) groups excluding carboxylic acids is 1. The van der Waals surface area contributed by atoms with Crippen molar-refractivity contribution in [3.63, 3.8) is 0 Å². The number of rotatable bonds is 13. The van der Waals surface area contributed by atoms with Gasteiger partial charge in [0.05, 0.1) is 32.0 Å². The summed E-state index contributed by atoms with van der Waals surface area (Å²) in [5.74, 6) is 0.114. The largest absolute Gasteiger partial charge is 0.379 e. The molecule has 3 aromatic carbocycles. The topological polar surface area (TPSA) is 62.7 Å². The highest BCUT2D eigenvalue weighted by molar-refractivity contribution is 6.14. The van der Waals surface area contributed by atoms with E-state index in [2.05, 4.69) is 80.9 Å². The summed E-state index contributed by atoms with van der Waals surface area (Å²) in [4.78, 5) is 23.5. The Hall–Kier alpha value is -4.01. The molecule has 2 fully saturated rings. The number of ketones is 1. The van der Waals surface area contributed by atoms with Crippen LogP contribution in [-0.4, -0.2) is 77.7 Å². The molecule has 250 valence electrons. The predicted molar refractivity (Wildman–Crippen MR) is 193 cm³/mol. The second-order valence-electron chi connectivity index (χ2n) is 13.1. The molecule has 7 rings (SSSR count). The summed E-state index contributed by atoms with van der Waals surface area (Å²) in [5.41, 5.74) is 10.1. The smallest absolute Gasteiger partial charge is 0.195 e. The number of benzene rings is 3. The van der Waals surface area contributed by atoms with Gasteiger partial charge in [0.15, 0.2) is 5.78 Å². The summed E-state index contributed by atoms with van der Waals surface area (Å²) >= 11 is 0. The molecule has 2 saturated heterocycles. The van der Waals surface area contributed by atoms with Crippen molar-refractivity contribution in [2.24, 2.45) is 0 Å². The van der Waals surface area contributed by atoms with Crippen LogP contribution in [0, 0.1) is 0 Å². The zero-order chi connectivity index (χ0) is 32.7. The number of hydrogen-bond acceptors (Lipinski definition) is 5. The fourth-order valence-corrected chi connectivity index (χ4v) is 7.51. The van der Waals surface area contributed by atoms with Gasteiger partial charge in [0.1, 0.15) is 0 Å². The number of aromatic amines is 1. The number of unbranched alkanes of at least 4 members (excludes halogenated alkanes) is 1. The molecule has 48 heavy (non-hydrogen) atoms. The van der Waals surface area contributed by atoms with Gasteiger partial charge in [-0.15, -0.1) is 0 Å². The third kappa shape index (κ3) is 7.06. The highest BCUT2D eigenvalue weighted by Gasteiger charge is 2.30. The zero-order valence-corrected chi connectivity index (χ0v) is 28.3. The van der Waals surface area contributed by atoms with Gasteiger partial charge in [-0.2, -0.15) is 0 Å². The second-order valence-corrected chi connectivity index (χ2v) is 13.1. The molecule has 2 aliphatic rings. The van der Waals surface area contributed by atoms with Gasteiger partial charge in [-0.3, -0.25) is 14.6 Å². The fourth-order valence-electron chi connectivity index (χ4n) is 7.51. The van der Waals surface area contributed by atoms with Crippen LogP contribution < -0.4 is 0 Å². The number of morpholine rings is 2. The summed E-state index contributed by atoms with van der Waals surface area (Å²) < 4.78 is 14.0. The van der Waals surface area contributed by atoms with E-state index in [0.29, 0.717) is 0 Å². The minimum atomic E-state index is 0.114. The third-order valence-corrected chi connectivity index (χ3v) is 10.0. The van der Waals surface area contributed by atoms with Crippen molar-refractivity contribution in [2.75, 3.05) is 52.6 Å². The van der Waals surface area contributed by atoms with Gasteiger partial charge in [-0.1, -0.05) is 92.2 Å². The maximum Gasteiger partial charge on any atom is 0.195 e. The summed E-state index contributed by atoms with van der Waals surface area (Å²) in [6.07, 6.45) is 3.83. The van der Waals surface area contributed by atoms with Gasteiger partial charge in [0, 0.05) is 84.9 Å². The average molecular weight is 645 g/mol. The Bertz CT molecular complexity index is 1800. The summed E-state index contributed by atoms with van der Waals surface area (Å²) in [5, 5.41) is 1.29. The molecule has 2 aliphatic heterocycles. The van der Waals surface area contributed by atoms with Crippen LogP contribution in [0.1, 0.15) is 58.3 Å². The molecule has 0 spiro atoms. The van der Waals surface area contributed by atoms with Crippen LogP contribution in [-0.2, 0) is 41.9 Å². The number of fused-ring (bicyclic) bond motifs is 1. The number of aryl methyl sites for hydroxylation is 1. The molecule has 0 amide bonds. The van der Waals surface area contributed by atoms with Crippen LogP contribution in [0.15, 0.2) is 84.9 Å². The highest BCUT2D eigenvalue weighted by atomic mass is 16.5. The molecule has 0 saturated carbocycles. The van der Waals surface area contributed by atoms with Crippen LogP contribution in [0.3, 0.4) is 0 Å². The first-order chi connectivity index (χ1) is 23.7. The Morgan fingerprint density at radius 1 is 0.729 bits per heavy atom. The van der Waals surface area contributed by atoms with Crippen molar-refractivity contribution in [2.45, 2.75) is 52.2 Å². The fraction of sp³-hybridized carbons (Fsp3) is 0.390. The number of ether oxygens (including phenoxy) is 2. The number of nitrogens with one attached hydrogen (secondary N) is 1. The first-order valence-electron chi connectivity index (χ1n) is 17.8. The Morgan fingerprint density at radius 3 is 2.04 bits per heavy atom. The van der Waals surface area contributed by atoms with Gasteiger partial charge in [0.2, 0.25) is 0 Å². The van der Waals surface area contributed by atoms with Gasteiger partial charge in [-0.25, -0.2) is 0 Å². The van der Waals surface area contributed by atoms with Crippen molar-refractivity contribution in [1.82, 2.24) is 19.4 Å². The molecule has 0 unspecified atom stereocenters. The molecule has 1 N–H and O–H groups in total. The monoisotopic (exact) mass is 644 g/mol. The Kier molecular flexibility index (Phi) is 10.5. The van der Waals surface area contributed by atoms with Crippen molar-refractivity contribution < 1.29 is 14.3 Å². The van der Waals surface area contributed by atoms with E-state index in [-0.39, 0.29) is 5.78 Å². The van der Waals surface area contributed by atoms with E-state index in [1.807, 2.05) is 30.3 Å². The number of nitrogens with zero attached hydrogens (tertiary/aromatic N) is 3. The van der Waals surface area contributed by atoms with Crippen LogP contribution in [0.5, 0.6) is 0 Å². The third-order valence-electron chi connectivity index (χ3n) is 10.0. The number of carbonyl (C=O) groups is 1. The maximum absolute atomic E-state index is 14.7. The van der Waals surface area contributed by atoms with Gasteiger partial charge in [-0.05, 0) is 36.5 Å². The molecule has 0 radical (unpaired) electrons. The highest BCUT2D eigenvalue weighted by Crippen LogP contribution is 2.37. The Morgan fingerprint density at radius 2 is 1.35 bits per heavy atom. The second kappa shape index (κ2) is 15.5. The first kappa shape index (κ1) is 32.5. The lowest BCUT2D eigenvalue weighted by Gasteiger charge is -2.28. The van der Waals surface area contributed by atoms with E-state index in [1.165, 1.54) is 33.5 Å². The standard InChI is InChI=1S/C41H48N4O3/c1-2-3-18-37-40(41(46)32-14-8-5-9-15-32)39(31-12-6-4-7-13-31)38(30-44-23-27-48-28-24-44)45(37)20-19-34-33-16-10-11-17-35(33)42-36(34)29-43-21-25-47-26-22-43/h4-17,42H,2-3,18-30H2,1H3. The average Bonchev–Trinajstić information content (AvgIpc) is 3.64. The van der Waals surface area contributed by atoms with Gasteiger partial charge in [0.25, 0.3) is 0 Å². The molecule has 2 aromatic heterocycles. The van der Waals surface area contributed by atoms with Crippen LogP contribution >= 0.6 is 0 Å². The number of para-hydroxylation sites is 1. The summed E-state index contributed by atoms with van der Waals surface area (Å²) in [7, 11) is 0. The van der Waals surface area contributed by atoms with E-state index in [4.69, 9.17) is 9.47 Å². The molecule has 7 nitrogen and oxygen atoms in total. The van der Waals surface area contributed by atoms with Crippen LogP contribution in [0.4, 0.5) is 0 Å². The van der Waals surface area contributed by atoms with Crippen molar-refractivity contribution >= 4 is 16.7 Å². The van der Waals surface area contributed by atoms with E-state index >= 15 is 0 Å².